The molecule has 0 saturated heterocycles. The number of phenolic OH excluding ortho intramolecular Hbond substituents is 1. The van der Waals surface area contributed by atoms with Crippen LogP contribution in [0.3, 0.4) is 0 Å². The molecule has 0 saturated carbocycles. The minimum Gasteiger partial charge on any atom is -0.508 e. The van der Waals surface area contributed by atoms with Crippen molar-refractivity contribution in [1.29, 1.82) is 0 Å². The number of carboxylic acid groups (broad SMARTS) is 3. The molecular formula is C51H76N16O16S. The lowest BCUT2D eigenvalue weighted by Crippen LogP contribution is -2.62. The zero-order valence-corrected chi connectivity index (χ0v) is 47.5. The van der Waals surface area contributed by atoms with E-state index in [1.54, 1.807) is 6.92 Å². The van der Waals surface area contributed by atoms with Crippen molar-refractivity contribution in [3.8, 4) is 5.75 Å². The molecule has 0 bridgehead atoms. The molecular weight excluding hydrogens is 1120 g/mol. The number of phenols is 1. The molecule has 84 heavy (non-hydrogen) atoms. The van der Waals surface area contributed by atoms with Gasteiger partial charge in [-0.25, -0.2) is 14.8 Å². The van der Waals surface area contributed by atoms with Crippen molar-refractivity contribution < 1.29 is 78.3 Å². The summed E-state index contributed by atoms with van der Waals surface area (Å²) in [6.45, 7) is 4.32. The predicted molar refractivity (Wildman–Crippen MR) is 301 cm³/mol. The highest BCUT2D eigenvalue weighted by Gasteiger charge is 2.38. The van der Waals surface area contributed by atoms with Crippen LogP contribution >= 0.6 is 11.8 Å². The Bertz CT molecular complexity index is 2710. The number of nitrogens with one attached hydrogen (secondary N) is 10. The number of imidazole rings is 2. The summed E-state index contributed by atoms with van der Waals surface area (Å²) in [5.41, 5.74) is 17.9. The Balaban J connectivity index is 1.99. The Morgan fingerprint density at radius 2 is 1.07 bits per heavy atom. The maximum atomic E-state index is 14.5. The number of guanidine groups is 1. The van der Waals surface area contributed by atoms with Gasteiger partial charge in [0.1, 0.15) is 48.0 Å². The zero-order valence-electron chi connectivity index (χ0n) is 46.7. The number of carboxylic acids is 3. The number of benzene rings is 1. The Morgan fingerprint density at radius 3 is 1.54 bits per heavy atom. The average Bonchev–Trinajstić information content (AvgIpc) is 4.29. The number of aliphatic imine (C=N–C) groups is 1. The number of aliphatic hydroxyl groups is 1. The summed E-state index contributed by atoms with van der Waals surface area (Å²) < 4.78 is 0. The number of aromatic amines is 2. The van der Waals surface area contributed by atoms with Crippen LogP contribution in [-0.2, 0) is 72.0 Å². The lowest BCUT2D eigenvalue weighted by atomic mass is 9.96. The fourth-order valence-corrected chi connectivity index (χ4v) is 8.51. The second-order valence-corrected chi connectivity index (χ2v) is 20.6. The molecule has 0 fully saturated rings. The fraction of sp³-hybridized carbons (Fsp3) is 0.529. The van der Waals surface area contributed by atoms with E-state index >= 15 is 0 Å². The predicted octanol–water partition coefficient (Wildman–Crippen LogP) is -4.27. The number of aliphatic carboxylic acids is 3. The summed E-state index contributed by atoms with van der Waals surface area (Å²) in [4.78, 5) is 166. The van der Waals surface area contributed by atoms with Crippen LogP contribution in [0.25, 0.3) is 0 Å². The standard InChI is InChI=1S/C51H76N16O16S/c1-5-25(2)40(49(81)65-37(20-39(72)73)46(78)64-36(19-29-22-56-24-59-29)48(80)67-41(26(3)68)50(82)83)66-47(79)35(18-28-21-55-23-58-28)63-44(76)33(12-13-38(70)71)61-45(77)34(17-27-8-10-30(69)11-9-27)62-43(75)32(7-6-15-57-51(53)54)60-42(74)31(52)14-16-84-4/h8-11,21-26,31-37,40-41,68-69H,5-7,12-20,52H2,1-4H3,(H,55,58)(H,56,59)(H,60,74)(H,61,77)(H,62,75)(H,63,76)(H,64,78)(H,65,81)(H,66,79)(H,67,80)(H,70,71)(H,72,73)(H,82,83)(H4,53,54,57)/t25-,26+,31-,32-,33-,34-,35-,36-,37-,40-,41-/m0/s1. The monoisotopic (exact) mass is 1200 g/mol. The Hall–Kier alpha value is -8.85. The highest BCUT2D eigenvalue weighted by molar-refractivity contribution is 7.98. The van der Waals surface area contributed by atoms with Gasteiger partial charge in [-0.05, 0) is 68.2 Å². The van der Waals surface area contributed by atoms with E-state index in [-0.39, 0.29) is 74.6 Å². The molecule has 0 aliphatic carbocycles. The second kappa shape index (κ2) is 35.2. The van der Waals surface area contributed by atoms with Crippen molar-refractivity contribution in [2.24, 2.45) is 28.1 Å². The molecule has 21 N–H and O–H groups in total. The quantitative estimate of drug-likeness (QED) is 0.0147. The van der Waals surface area contributed by atoms with Crippen LogP contribution in [0.5, 0.6) is 5.75 Å². The van der Waals surface area contributed by atoms with Crippen molar-refractivity contribution in [1.82, 2.24) is 62.5 Å². The number of aliphatic hydroxyl groups excluding tert-OH is 1. The third kappa shape index (κ3) is 24.3. The SMILES string of the molecule is CC[C@H](C)[C@H](NC(=O)[C@H](Cc1cnc[nH]1)NC(=O)[C@H](CCC(=O)O)NC(=O)[C@H](Cc1ccc(O)cc1)NC(=O)[C@H](CCCN=C(N)N)NC(=O)[C@@H](N)CCSC)C(=O)N[C@@H](CC(=O)O)C(=O)N[C@@H](Cc1cnc[nH]1)C(=O)N[C@H](C(=O)O)[C@@H](C)O. The number of thioether (sulfide) groups is 1. The first-order chi connectivity index (χ1) is 39.7. The maximum Gasteiger partial charge on any atom is 0.328 e. The number of aromatic hydroxyl groups is 1. The van der Waals surface area contributed by atoms with Crippen LogP contribution in [0.1, 0.15) is 82.7 Å². The number of carbonyl (C=O) groups is 11. The van der Waals surface area contributed by atoms with Gasteiger partial charge >= 0.3 is 17.9 Å². The molecule has 32 nitrogen and oxygen atoms in total. The van der Waals surface area contributed by atoms with Crippen LogP contribution in [0.15, 0.2) is 54.3 Å². The molecule has 0 spiro atoms. The van der Waals surface area contributed by atoms with Crippen LogP contribution < -0.4 is 59.7 Å². The number of hydrogen-bond acceptors (Lipinski definition) is 18. The molecule has 11 atom stereocenters. The van der Waals surface area contributed by atoms with E-state index in [2.05, 4.69) is 67.5 Å². The van der Waals surface area contributed by atoms with Gasteiger partial charge in [-0.1, -0.05) is 32.4 Å². The van der Waals surface area contributed by atoms with Crippen LogP contribution in [0, 0.1) is 5.92 Å². The first-order valence-electron chi connectivity index (χ1n) is 26.5. The Labute approximate surface area is 486 Å². The Kier molecular flexibility index (Phi) is 29.1. The smallest absolute Gasteiger partial charge is 0.328 e. The van der Waals surface area contributed by atoms with E-state index in [0.717, 1.165) is 6.92 Å². The van der Waals surface area contributed by atoms with E-state index < -0.39 is 151 Å². The highest BCUT2D eigenvalue weighted by atomic mass is 32.2. The van der Waals surface area contributed by atoms with Crippen molar-refractivity contribution in [3.05, 3.63) is 66.3 Å². The van der Waals surface area contributed by atoms with Gasteiger partial charge in [0.2, 0.25) is 47.3 Å². The first kappa shape index (κ1) is 69.4. The van der Waals surface area contributed by atoms with Crippen molar-refractivity contribution in [2.75, 3.05) is 18.6 Å². The van der Waals surface area contributed by atoms with Gasteiger partial charge in [-0.15, -0.1) is 0 Å². The van der Waals surface area contributed by atoms with E-state index in [9.17, 15) is 78.3 Å². The number of carbonyl (C=O) groups excluding carboxylic acids is 8. The Morgan fingerprint density at radius 1 is 0.607 bits per heavy atom. The van der Waals surface area contributed by atoms with Crippen LogP contribution in [0.2, 0.25) is 0 Å². The van der Waals surface area contributed by atoms with E-state index in [1.165, 1.54) is 68.0 Å². The van der Waals surface area contributed by atoms with Gasteiger partial charge in [0.25, 0.3) is 0 Å². The molecule has 2 aromatic heterocycles. The van der Waals surface area contributed by atoms with Crippen molar-refractivity contribution in [2.45, 2.75) is 145 Å². The molecule has 2 heterocycles. The topological polar surface area (TPSA) is 533 Å². The van der Waals surface area contributed by atoms with Crippen molar-refractivity contribution in [3.63, 3.8) is 0 Å². The number of amides is 8. The third-order valence-corrected chi connectivity index (χ3v) is 13.6. The number of nitrogens with two attached hydrogens (primary N) is 3. The lowest BCUT2D eigenvalue weighted by molar-refractivity contribution is -0.145. The number of aromatic nitrogens is 4. The summed E-state index contributed by atoms with van der Waals surface area (Å²) in [6.07, 6.45) is 2.49. The minimum atomic E-state index is -1.95. The van der Waals surface area contributed by atoms with Crippen LogP contribution in [-0.4, -0.2) is 196 Å². The molecule has 0 aliphatic rings. The van der Waals surface area contributed by atoms with E-state index in [4.69, 9.17) is 17.2 Å². The molecule has 1 aromatic carbocycles. The average molecular weight is 1200 g/mol. The molecule has 3 aromatic rings. The molecule has 3 rings (SSSR count). The molecule has 0 radical (unpaired) electrons. The largest absolute Gasteiger partial charge is 0.508 e. The van der Waals surface area contributed by atoms with Crippen LogP contribution in [0.4, 0.5) is 0 Å². The summed E-state index contributed by atoms with van der Waals surface area (Å²) in [5.74, 6) is -13.4. The van der Waals surface area contributed by atoms with Gasteiger partial charge < -0.3 is 95.2 Å². The number of rotatable bonds is 38. The summed E-state index contributed by atoms with van der Waals surface area (Å²) in [5, 5.41) is 68.7. The second-order valence-electron chi connectivity index (χ2n) is 19.6. The highest BCUT2D eigenvalue weighted by Crippen LogP contribution is 2.15. The summed E-state index contributed by atoms with van der Waals surface area (Å²) in [6, 6.07) is -8.76. The first-order valence-corrected chi connectivity index (χ1v) is 27.9. The molecule has 462 valence electrons. The molecule has 0 unspecified atom stereocenters. The van der Waals surface area contributed by atoms with E-state index in [1.807, 2.05) is 6.26 Å². The fourth-order valence-electron chi connectivity index (χ4n) is 8.02. The zero-order chi connectivity index (χ0) is 62.6. The number of hydrogen-bond donors (Lipinski definition) is 18. The third-order valence-electron chi connectivity index (χ3n) is 12.9. The van der Waals surface area contributed by atoms with Gasteiger partial charge in [0.15, 0.2) is 12.0 Å². The molecule has 33 heteroatoms. The molecule has 0 aliphatic heterocycles. The van der Waals surface area contributed by atoms with Gasteiger partial charge in [-0.2, -0.15) is 11.8 Å². The van der Waals surface area contributed by atoms with Crippen molar-refractivity contribution >= 4 is 82.9 Å². The van der Waals surface area contributed by atoms with Gasteiger partial charge in [0.05, 0.1) is 31.2 Å². The summed E-state index contributed by atoms with van der Waals surface area (Å²) in [7, 11) is 0. The lowest BCUT2D eigenvalue weighted by Gasteiger charge is -2.29. The normalized spacial score (nSPS) is 15.0. The maximum absolute atomic E-state index is 14.5. The van der Waals surface area contributed by atoms with Gasteiger partial charge in [-0.3, -0.25) is 52.9 Å². The molecule has 8 amide bonds. The van der Waals surface area contributed by atoms with Gasteiger partial charge in [0, 0.05) is 56.0 Å². The number of H-pyrrole nitrogens is 2. The number of nitrogens with zero attached hydrogens (tertiary/aromatic N) is 3. The minimum absolute atomic E-state index is 0.0453. The van der Waals surface area contributed by atoms with E-state index in [0.29, 0.717) is 11.3 Å². The summed E-state index contributed by atoms with van der Waals surface area (Å²) >= 11 is 1.45.